The Morgan fingerprint density at radius 1 is 1.32 bits per heavy atom. The SMILES string of the molecule is CC1CCC(OCC(O)CNCC2(C)COC2)CC1. The van der Waals surface area contributed by atoms with Crippen LogP contribution in [-0.4, -0.2) is 50.2 Å². The molecule has 0 radical (unpaired) electrons. The van der Waals surface area contributed by atoms with Crippen molar-refractivity contribution in [1.82, 2.24) is 5.32 Å². The normalized spacial score (nSPS) is 31.7. The van der Waals surface area contributed by atoms with Crippen LogP contribution in [0.4, 0.5) is 0 Å². The number of nitrogens with one attached hydrogen (secondary N) is 1. The van der Waals surface area contributed by atoms with Gasteiger partial charge in [-0.15, -0.1) is 0 Å². The van der Waals surface area contributed by atoms with Crippen molar-refractivity contribution < 1.29 is 14.6 Å². The maximum atomic E-state index is 9.90. The molecule has 1 aliphatic heterocycles. The summed E-state index contributed by atoms with van der Waals surface area (Å²) in [5.74, 6) is 0.844. The second kappa shape index (κ2) is 7.02. The van der Waals surface area contributed by atoms with Gasteiger partial charge in [0.25, 0.3) is 0 Å². The van der Waals surface area contributed by atoms with Gasteiger partial charge in [0.1, 0.15) is 0 Å². The van der Waals surface area contributed by atoms with E-state index in [1.165, 1.54) is 12.8 Å². The molecule has 0 aromatic carbocycles. The topological polar surface area (TPSA) is 50.7 Å². The summed E-state index contributed by atoms with van der Waals surface area (Å²) in [4.78, 5) is 0. The third-order valence-electron chi connectivity index (χ3n) is 4.32. The van der Waals surface area contributed by atoms with E-state index >= 15 is 0 Å². The van der Waals surface area contributed by atoms with Crippen LogP contribution in [-0.2, 0) is 9.47 Å². The summed E-state index contributed by atoms with van der Waals surface area (Å²) in [7, 11) is 0. The Bertz CT molecular complexity index is 260. The number of aliphatic hydroxyl groups is 1. The Hall–Kier alpha value is -0.160. The van der Waals surface area contributed by atoms with Crippen molar-refractivity contribution in [2.45, 2.75) is 51.7 Å². The van der Waals surface area contributed by atoms with Crippen molar-refractivity contribution in [1.29, 1.82) is 0 Å². The highest BCUT2D eigenvalue weighted by molar-refractivity contribution is 4.83. The van der Waals surface area contributed by atoms with Gasteiger partial charge >= 0.3 is 0 Å². The first kappa shape index (κ1) is 15.2. The molecule has 1 aliphatic carbocycles. The summed E-state index contributed by atoms with van der Waals surface area (Å²) >= 11 is 0. The number of aliphatic hydroxyl groups excluding tert-OH is 1. The van der Waals surface area contributed by atoms with Crippen LogP contribution < -0.4 is 5.32 Å². The summed E-state index contributed by atoms with van der Waals surface area (Å²) in [6, 6.07) is 0. The first-order valence-electron chi connectivity index (χ1n) is 7.65. The monoisotopic (exact) mass is 271 g/mol. The van der Waals surface area contributed by atoms with Gasteiger partial charge in [0.2, 0.25) is 0 Å². The molecule has 0 amide bonds. The average Bonchev–Trinajstić information content (AvgIpc) is 2.36. The average molecular weight is 271 g/mol. The highest BCUT2D eigenvalue weighted by Gasteiger charge is 2.32. The molecule has 2 rings (SSSR count). The lowest BCUT2D eigenvalue weighted by Gasteiger charge is -2.38. The van der Waals surface area contributed by atoms with E-state index in [1.807, 2.05) is 0 Å². The van der Waals surface area contributed by atoms with Crippen molar-refractivity contribution in [3.05, 3.63) is 0 Å². The van der Waals surface area contributed by atoms with Crippen molar-refractivity contribution in [3.8, 4) is 0 Å². The van der Waals surface area contributed by atoms with Crippen molar-refractivity contribution in [2.24, 2.45) is 11.3 Å². The number of rotatable bonds is 7. The van der Waals surface area contributed by atoms with Crippen LogP contribution in [0.15, 0.2) is 0 Å². The van der Waals surface area contributed by atoms with Crippen molar-refractivity contribution in [3.63, 3.8) is 0 Å². The maximum absolute atomic E-state index is 9.90. The van der Waals surface area contributed by atoms with E-state index in [9.17, 15) is 5.11 Å². The van der Waals surface area contributed by atoms with Gasteiger partial charge in [0.15, 0.2) is 0 Å². The zero-order valence-corrected chi connectivity index (χ0v) is 12.4. The lowest BCUT2D eigenvalue weighted by molar-refractivity contribution is -0.100. The predicted octanol–water partition coefficient (Wildman–Crippen LogP) is 1.57. The minimum absolute atomic E-state index is 0.264. The molecule has 1 atom stereocenters. The zero-order valence-electron chi connectivity index (χ0n) is 12.4. The molecule has 2 fully saturated rings. The fourth-order valence-electron chi connectivity index (χ4n) is 2.80. The lowest BCUT2D eigenvalue weighted by Crippen LogP contribution is -2.48. The Morgan fingerprint density at radius 2 is 2.00 bits per heavy atom. The van der Waals surface area contributed by atoms with Crippen LogP contribution in [0, 0.1) is 11.3 Å². The van der Waals surface area contributed by atoms with E-state index in [2.05, 4.69) is 19.2 Å². The minimum atomic E-state index is -0.399. The summed E-state index contributed by atoms with van der Waals surface area (Å²) in [5.41, 5.74) is 0.264. The molecule has 2 N–H and O–H groups in total. The smallest absolute Gasteiger partial charge is 0.0897 e. The minimum Gasteiger partial charge on any atom is -0.389 e. The van der Waals surface area contributed by atoms with Crippen LogP contribution >= 0.6 is 0 Å². The van der Waals surface area contributed by atoms with Gasteiger partial charge in [-0.2, -0.15) is 0 Å². The van der Waals surface area contributed by atoms with E-state index < -0.39 is 6.10 Å². The van der Waals surface area contributed by atoms with E-state index in [0.717, 1.165) is 38.5 Å². The molecule has 0 aromatic heterocycles. The van der Waals surface area contributed by atoms with Crippen LogP contribution in [0.25, 0.3) is 0 Å². The Balaban J connectivity index is 1.51. The van der Waals surface area contributed by atoms with Crippen LogP contribution in [0.5, 0.6) is 0 Å². The quantitative estimate of drug-likeness (QED) is 0.738. The Labute approximate surface area is 116 Å². The third-order valence-corrected chi connectivity index (χ3v) is 4.32. The van der Waals surface area contributed by atoms with Gasteiger partial charge in [-0.25, -0.2) is 0 Å². The molecule has 0 spiro atoms. The van der Waals surface area contributed by atoms with Crippen molar-refractivity contribution >= 4 is 0 Å². The molecule has 4 nitrogen and oxygen atoms in total. The second-order valence-corrected chi connectivity index (χ2v) is 6.80. The fraction of sp³-hybridized carbons (Fsp3) is 1.00. The molecule has 1 heterocycles. The highest BCUT2D eigenvalue weighted by atomic mass is 16.5. The summed E-state index contributed by atoms with van der Waals surface area (Å²) in [5, 5.41) is 13.2. The van der Waals surface area contributed by atoms with Gasteiger partial charge in [0.05, 0.1) is 32.0 Å². The fourth-order valence-corrected chi connectivity index (χ4v) is 2.80. The molecule has 0 bridgehead atoms. The van der Waals surface area contributed by atoms with Gasteiger partial charge in [-0.1, -0.05) is 13.8 Å². The number of ether oxygens (including phenoxy) is 2. The van der Waals surface area contributed by atoms with Crippen LogP contribution in [0.2, 0.25) is 0 Å². The molecule has 0 aromatic rings. The molecular formula is C15H29NO3. The largest absolute Gasteiger partial charge is 0.389 e. The van der Waals surface area contributed by atoms with E-state index in [0.29, 0.717) is 19.3 Å². The first-order chi connectivity index (χ1) is 9.07. The van der Waals surface area contributed by atoms with E-state index in [4.69, 9.17) is 9.47 Å². The molecule has 1 unspecified atom stereocenters. The molecule has 112 valence electrons. The molecule has 4 heteroatoms. The molecule has 2 aliphatic rings. The highest BCUT2D eigenvalue weighted by Crippen LogP contribution is 2.26. The van der Waals surface area contributed by atoms with Gasteiger partial charge in [-0.3, -0.25) is 0 Å². The van der Waals surface area contributed by atoms with E-state index in [-0.39, 0.29) is 5.41 Å². The summed E-state index contributed by atoms with van der Waals surface area (Å²) < 4.78 is 11.0. The molecule has 1 saturated heterocycles. The lowest BCUT2D eigenvalue weighted by atomic mass is 9.89. The summed E-state index contributed by atoms with van der Waals surface area (Å²) in [6.07, 6.45) is 4.79. The van der Waals surface area contributed by atoms with Crippen LogP contribution in [0.3, 0.4) is 0 Å². The Morgan fingerprint density at radius 3 is 2.58 bits per heavy atom. The van der Waals surface area contributed by atoms with Crippen molar-refractivity contribution in [2.75, 3.05) is 32.9 Å². The van der Waals surface area contributed by atoms with E-state index in [1.54, 1.807) is 0 Å². The van der Waals surface area contributed by atoms with Crippen LogP contribution in [0.1, 0.15) is 39.5 Å². The van der Waals surface area contributed by atoms with Gasteiger partial charge < -0.3 is 19.9 Å². The summed E-state index contributed by atoms with van der Waals surface area (Å²) in [6.45, 7) is 8.14. The second-order valence-electron chi connectivity index (χ2n) is 6.80. The standard InChI is InChI=1S/C15H29NO3/c1-12-3-5-14(6-4-12)19-8-13(17)7-16-9-15(2)10-18-11-15/h12-14,16-17H,3-11H2,1-2H3. The molecule has 19 heavy (non-hydrogen) atoms. The number of hydrogen-bond acceptors (Lipinski definition) is 4. The molecule has 1 saturated carbocycles. The zero-order chi connectivity index (χ0) is 13.7. The first-order valence-corrected chi connectivity index (χ1v) is 7.65. The third kappa shape index (κ3) is 5.03. The predicted molar refractivity (Wildman–Crippen MR) is 75.2 cm³/mol. The van der Waals surface area contributed by atoms with Gasteiger partial charge in [-0.05, 0) is 31.6 Å². The Kier molecular flexibility index (Phi) is 5.63. The molecular weight excluding hydrogens is 242 g/mol. The number of hydrogen-bond donors (Lipinski definition) is 2. The van der Waals surface area contributed by atoms with Gasteiger partial charge in [0, 0.05) is 18.5 Å². The maximum Gasteiger partial charge on any atom is 0.0897 e.